The molecule has 0 saturated heterocycles. The maximum Gasteiger partial charge on any atom is 0.170 e. The molecule has 1 unspecified atom stereocenters. The smallest absolute Gasteiger partial charge is 0.170 e. The number of halogens is 1. The predicted octanol–water partition coefficient (Wildman–Crippen LogP) is 6.22. The summed E-state index contributed by atoms with van der Waals surface area (Å²) >= 11 is 0. The van der Waals surface area contributed by atoms with Crippen LogP contribution >= 0.6 is 0 Å². The van der Waals surface area contributed by atoms with Crippen molar-refractivity contribution in [3.05, 3.63) is 89.7 Å². The number of methoxy groups -OCH3 is 2. The Kier molecular flexibility index (Phi) is 7.31. The standard InChI is InChI=1S/C29H27FO6/c1-17(31)21-13-19(9-11-23(21)30)22-15-26(34-2)27(28(33)29(22)35-3)20-10-12-25(24(32)14-20)36-16-18-7-5-4-6-8-18/h4-15,17,31-33H,16H2,1-3H3. The van der Waals surface area contributed by atoms with Gasteiger partial charge in [0.05, 0.1) is 25.9 Å². The second-order valence-electron chi connectivity index (χ2n) is 8.25. The van der Waals surface area contributed by atoms with Gasteiger partial charge in [0.1, 0.15) is 18.2 Å². The summed E-state index contributed by atoms with van der Waals surface area (Å²) in [7, 11) is 2.86. The highest BCUT2D eigenvalue weighted by Gasteiger charge is 2.23. The zero-order chi connectivity index (χ0) is 25.8. The van der Waals surface area contributed by atoms with Crippen LogP contribution in [0.2, 0.25) is 0 Å². The van der Waals surface area contributed by atoms with Gasteiger partial charge in [-0.05, 0) is 53.9 Å². The Hall–Kier alpha value is -4.23. The number of aliphatic hydroxyl groups is 1. The highest BCUT2D eigenvalue weighted by molar-refractivity contribution is 5.88. The number of phenols is 2. The summed E-state index contributed by atoms with van der Waals surface area (Å²) < 4.78 is 31.0. The van der Waals surface area contributed by atoms with Crippen molar-refractivity contribution >= 4 is 0 Å². The summed E-state index contributed by atoms with van der Waals surface area (Å²) in [5.74, 6) is -0.117. The number of phenolic OH excluding ortho intramolecular Hbond substituents is 2. The van der Waals surface area contributed by atoms with Crippen molar-refractivity contribution in [1.82, 2.24) is 0 Å². The molecule has 0 aliphatic rings. The lowest BCUT2D eigenvalue weighted by Gasteiger charge is -2.19. The van der Waals surface area contributed by atoms with E-state index in [1.807, 2.05) is 30.3 Å². The fourth-order valence-corrected chi connectivity index (χ4v) is 4.05. The van der Waals surface area contributed by atoms with Gasteiger partial charge >= 0.3 is 0 Å². The molecule has 3 N–H and O–H groups in total. The monoisotopic (exact) mass is 490 g/mol. The van der Waals surface area contributed by atoms with Crippen molar-refractivity contribution in [2.75, 3.05) is 14.2 Å². The van der Waals surface area contributed by atoms with Gasteiger partial charge in [-0.25, -0.2) is 4.39 Å². The number of hydrogen-bond acceptors (Lipinski definition) is 6. The first kappa shape index (κ1) is 24.9. The van der Waals surface area contributed by atoms with Gasteiger partial charge in [0.25, 0.3) is 0 Å². The van der Waals surface area contributed by atoms with Crippen LogP contribution in [0.4, 0.5) is 4.39 Å². The van der Waals surface area contributed by atoms with Gasteiger partial charge in [-0.2, -0.15) is 0 Å². The fraction of sp³-hybridized carbons (Fsp3) is 0.172. The van der Waals surface area contributed by atoms with Crippen LogP contribution in [0.25, 0.3) is 22.3 Å². The van der Waals surface area contributed by atoms with Crippen LogP contribution in [0, 0.1) is 5.82 Å². The Bertz CT molecular complexity index is 1370. The van der Waals surface area contributed by atoms with Gasteiger partial charge in [-0.3, -0.25) is 0 Å². The number of aliphatic hydroxyl groups excluding tert-OH is 1. The topological polar surface area (TPSA) is 88.4 Å². The number of rotatable bonds is 8. The zero-order valence-electron chi connectivity index (χ0n) is 20.2. The van der Waals surface area contributed by atoms with Gasteiger partial charge in [0, 0.05) is 11.1 Å². The molecule has 0 aliphatic carbocycles. The van der Waals surface area contributed by atoms with E-state index < -0.39 is 11.9 Å². The first-order valence-electron chi connectivity index (χ1n) is 11.3. The summed E-state index contributed by atoms with van der Waals surface area (Å²) in [4.78, 5) is 0. The molecule has 0 amide bonds. The van der Waals surface area contributed by atoms with Crippen LogP contribution < -0.4 is 14.2 Å². The molecule has 0 aromatic heterocycles. The average Bonchev–Trinajstić information content (AvgIpc) is 2.88. The van der Waals surface area contributed by atoms with Gasteiger partial charge < -0.3 is 29.5 Å². The van der Waals surface area contributed by atoms with Crippen molar-refractivity contribution in [3.63, 3.8) is 0 Å². The zero-order valence-corrected chi connectivity index (χ0v) is 20.2. The number of aromatic hydroxyl groups is 2. The summed E-state index contributed by atoms with van der Waals surface area (Å²) in [6.07, 6.45) is -1.02. The summed E-state index contributed by atoms with van der Waals surface area (Å²) in [5.41, 5.74) is 2.83. The van der Waals surface area contributed by atoms with Gasteiger partial charge in [-0.15, -0.1) is 0 Å². The van der Waals surface area contributed by atoms with Crippen LogP contribution in [0.5, 0.6) is 28.7 Å². The molecular formula is C29H27FO6. The Morgan fingerprint density at radius 2 is 1.56 bits per heavy atom. The molecule has 4 aromatic carbocycles. The van der Waals surface area contributed by atoms with E-state index >= 15 is 0 Å². The Morgan fingerprint density at radius 3 is 2.19 bits per heavy atom. The average molecular weight is 491 g/mol. The molecule has 0 bridgehead atoms. The third-order valence-electron chi connectivity index (χ3n) is 5.88. The summed E-state index contributed by atoms with van der Waals surface area (Å²) in [5, 5.41) is 31.7. The second kappa shape index (κ2) is 10.6. The lowest BCUT2D eigenvalue weighted by molar-refractivity contribution is 0.194. The van der Waals surface area contributed by atoms with Crippen molar-refractivity contribution in [3.8, 4) is 51.0 Å². The van der Waals surface area contributed by atoms with E-state index in [1.165, 1.54) is 45.4 Å². The van der Waals surface area contributed by atoms with Crippen molar-refractivity contribution in [1.29, 1.82) is 0 Å². The Balaban J connectivity index is 1.75. The molecule has 0 saturated carbocycles. The minimum absolute atomic E-state index is 0.104. The van der Waals surface area contributed by atoms with Crippen LogP contribution in [0.15, 0.2) is 72.8 Å². The van der Waals surface area contributed by atoms with Crippen molar-refractivity contribution < 1.29 is 33.9 Å². The second-order valence-corrected chi connectivity index (χ2v) is 8.25. The molecule has 0 heterocycles. The molecule has 0 radical (unpaired) electrons. The fourth-order valence-electron chi connectivity index (χ4n) is 4.05. The molecule has 0 fully saturated rings. The van der Waals surface area contributed by atoms with Crippen molar-refractivity contribution in [2.45, 2.75) is 19.6 Å². The summed E-state index contributed by atoms with van der Waals surface area (Å²) in [6.45, 7) is 1.76. The van der Waals surface area contributed by atoms with Gasteiger partial charge in [-0.1, -0.05) is 42.5 Å². The van der Waals surface area contributed by atoms with E-state index in [9.17, 15) is 19.7 Å². The Labute approximate surface area is 208 Å². The molecule has 6 nitrogen and oxygen atoms in total. The van der Waals surface area contributed by atoms with Gasteiger partial charge in [0.15, 0.2) is 23.0 Å². The molecule has 36 heavy (non-hydrogen) atoms. The third-order valence-corrected chi connectivity index (χ3v) is 5.88. The van der Waals surface area contributed by atoms with E-state index in [1.54, 1.807) is 18.2 Å². The van der Waals surface area contributed by atoms with Crippen LogP contribution in [-0.2, 0) is 6.61 Å². The number of hydrogen-bond donors (Lipinski definition) is 3. The molecule has 0 spiro atoms. The van der Waals surface area contributed by atoms with E-state index in [2.05, 4.69) is 0 Å². The molecule has 4 aromatic rings. The maximum absolute atomic E-state index is 14.2. The molecule has 7 heteroatoms. The highest BCUT2D eigenvalue weighted by atomic mass is 19.1. The quantitative estimate of drug-likeness (QED) is 0.272. The largest absolute Gasteiger partial charge is 0.504 e. The lowest BCUT2D eigenvalue weighted by Crippen LogP contribution is -1.99. The highest BCUT2D eigenvalue weighted by Crippen LogP contribution is 2.50. The Morgan fingerprint density at radius 1 is 0.833 bits per heavy atom. The van der Waals surface area contributed by atoms with E-state index in [0.717, 1.165) is 5.56 Å². The number of ether oxygens (including phenoxy) is 3. The molecule has 0 aliphatic heterocycles. The normalized spacial score (nSPS) is 11.7. The molecule has 1 atom stereocenters. The van der Waals surface area contributed by atoms with Crippen LogP contribution in [-0.4, -0.2) is 29.5 Å². The van der Waals surface area contributed by atoms with E-state index in [4.69, 9.17) is 14.2 Å². The van der Waals surface area contributed by atoms with Crippen LogP contribution in [0.1, 0.15) is 24.2 Å². The van der Waals surface area contributed by atoms with Crippen LogP contribution in [0.3, 0.4) is 0 Å². The number of benzene rings is 4. The first-order chi connectivity index (χ1) is 17.3. The third kappa shape index (κ3) is 4.92. The lowest BCUT2D eigenvalue weighted by atomic mass is 9.94. The SMILES string of the molecule is COc1cc(-c2ccc(F)c(C(C)O)c2)c(OC)c(O)c1-c1ccc(OCc2ccccc2)c(O)c1. The predicted molar refractivity (Wildman–Crippen MR) is 135 cm³/mol. The van der Waals surface area contributed by atoms with Crippen molar-refractivity contribution in [2.24, 2.45) is 0 Å². The van der Waals surface area contributed by atoms with E-state index in [0.29, 0.717) is 33.8 Å². The minimum Gasteiger partial charge on any atom is -0.504 e. The van der Waals surface area contributed by atoms with Gasteiger partial charge in [0.2, 0.25) is 0 Å². The molecule has 4 rings (SSSR count). The molecular weight excluding hydrogens is 463 g/mol. The maximum atomic E-state index is 14.2. The minimum atomic E-state index is -1.02. The molecule has 186 valence electrons. The first-order valence-corrected chi connectivity index (χ1v) is 11.3. The van der Waals surface area contributed by atoms with E-state index in [-0.39, 0.29) is 29.4 Å². The summed E-state index contributed by atoms with van der Waals surface area (Å²) in [6, 6.07) is 20.3.